The fourth-order valence-electron chi connectivity index (χ4n) is 6.12. The van der Waals surface area contributed by atoms with E-state index in [2.05, 4.69) is 37.9 Å². The zero-order valence-electron chi connectivity index (χ0n) is 22.9. The monoisotopic (exact) mass is 512 g/mol. The molecule has 2 aliphatic carbocycles. The molecule has 0 saturated carbocycles. The van der Waals surface area contributed by atoms with Crippen molar-refractivity contribution in [2.75, 3.05) is 19.0 Å². The second-order valence-electron chi connectivity index (χ2n) is 12.4. The summed E-state index contributed by atoms with van der Waals surface area (Å²) in [6.07, 6.45) is 2.53. The summed E-state index contributed by atoms with van der Waals surface area (Å²) in [7, 11) is 2.02. The second-order valence-corrected chi connectivity index (χ2v) is 12.4. The molecule has 2 aromatic carbocycles. The van der Waals surface area contributed by atoms with E-state index in [4.69, 9.17) is 4.74 Å². The Balaban J connectivity index is 1.44. The predicted molar refractivity (Wildman–Crippen MR) is 148 cm³/mol. The van der Waals surface area contributed by atoms with Crippen LogP contribution in [0.3, 0.4) is 0 Å². The molecule has 1 aliphatic heterocycles. The average molecular weight is 513 g/mol. The third-order valence-corrected chi connectivity index (χ3v) is 7.82. The summed E-state index contributed by atoms with van der Waals surface area (Å²) >= 11 is 0. The molecule has 0 fully saturated rings. The first-order chi connectivity index (χ1) is 17.9. The summed E-state index contributed by atoms with van der Waals surface area (Å²) in [6, 6.07) is 16.7. The van der Waals surface area contributed by atoms with Crippen molar-refractivity contribution in [1.82, 2.24) is 4.90 Å². The van der Waals surface area contributed by atoms with E-state index >= 15 is 0 Å². The van der Waals surface area contributed by atoms with Crippen molar-refractivity contribution in [3.63, 3.8) is 0 Å². The summed E-state index contributed by atoms with van der Waals surface area (Å²) in [5, 5.41) is 2.81. The van der Waals surface area contributed by atoms with E-state index in [1.54, 1.807) is 0 Å². The number of ketones is 2. The largest absolute Gasteiger partial charge is 0.484 e. The Bertz CT molecular complexity index is 1300. The summed E-state index contributed by atoms with van der Waals surface area (Å²) < 4.78 is 5.73. The highest BCUT2D eigenvalue weighted by molar-refractivity contribution is 6.06. The minimum absolute atomic E-state index is 0.117. The lowest BCUT2D eigenvalue weighted by Crippen LogP contribution is -2.43. The number of hydrogen-bond acceptors (Lipinski definition) is 5. The molecule has 6 heteroatoms. The Kier molecular flexibility index (Phi) is 6.54. The van der Waals surface area contributed by atoms with Gasteiger partial charge in [0.25, 0.3) is 5.91 Å². The fourth-order valence-corrected chi connectivity index (χ4v) is 6.12. The van der Waals surface area contributed by atoms with Crippen molar-refractivity contribution < 1.29 is 19.1 Å². The highest BCUT2D eigenvalue weighted by Crippen LogP contribution is 2.53. The molecule has 0 aromatic heterocycles. The maximum absolute atomic E-state index is 13.6. The number of carbonyl (C=O) groups is 3. The van der Waals surface area contributed by atoms with Gasteiger partial charge in [0.15, 0.2) is 18.2 Å². The van der Waals surface area contributed by atoms with Crippen molar-refractivity contribution in [3.05, 3.63) is 82.7 Å². The number of rotatable bonds is 5. The van der Waals surface area contributed by atoms with Gasteiger partial charge in [0.2, 0.25) is 0 Å². The SMILES string of the molecule is CN1C2=C(C(=O)CC(C)(C)C2)C(c2ccc(OCC(=O)Nc3ccccc3)cc2)C2=C1CC(C)(C)CC2=O. The van der Waals surface area contributed by atoms with Gasteiger partial charge in [-0.2, -0.15) is 0 Å². The smallest absolute Gasteiger partial charge is 0.262 e. The number of carbonyl (C=O) groups excluding carboxylic acids is 3. The van der Waals surface area contributed by atoms with Crippen LogP contribution in [0.1, 0.15) is 64.9 Å². The number of allylic oxidation sites excluding steroid dienone is 4. The van der Waals surface area contributed by atoms with E-state index < -0.39 is 0 Å². The number of nitrogens with zero attached hydrogens (tertiary/aromatic N) is 1. The molecule has 0 bridgehead atoms. The molecule has 1 N–H and O–H groups in total. The average Bonchev–Trinajstić information content (AvgIpc) is 2.84. The molecule has 198 valence electrons. The van der Waals surface area contributed by atoms with Crippen molar-refractivity contribution >= 4 is 23.2 Å². The molecule has 0 saturated heterocycles. The van der Waals surface area contributed by atoms with E-state index in [0.29, 0.717) is 24.3 Å². The Hall–Kier alpha value is -3.67. The first kappa shape index (κ1) is 26.0. The van der Waals surface area contributed by atoms with Crippen LogP contribution in [0.5, 0.6) is 5.75 Å². The van der Waals surface area contributed by atoms with Crippen LogP contribution in [0, 0.1) is 10.8 Å². The molecule has 0 radical (unpaired) electrons. The van der Waals surface area contributed by atoms with Gasteiger partial charge in [-0.3, -0.25) is 14.4 Å². The fraction of sp³-hybridized carbons (Fsp3) is 0.406. The normalized spacial score (nSPS) is 20.7. The van der Waals surface area contributed by atoms with Crippen molar-refractivity contribution in [3.8, 4) is 5.75 Å². The third-order valence-electron chi connectivity index (χ3n) is 7.82. The maximum atomic E-state index is 13.6. The Morgan fingerprint density at radius 3 is 1.89 bits per heavy atom. The van der Waals surface area contributed by atoms with Crippen molar-refractivity contribution in [1.29, 1.82) is 0 Å². The lowest BCUT2D eigenvalue weighted by Gasteiger charge is -2.47. The molecule has 1 heterocycles. The van der Waals surface area contributed by atoms with E-state index in [1.165, 1.54) is 0 Å². The van der Waals surface area contributed by atoms with Gasteiger partial charge in [-0.1, -0.05) is 58.0 Å². The lowest BCUT2D eigenvalue weighted by atomic mass is 9.64. The van der Waals surface area contributed by atoms with Gasteiger partial charge in [-0.05, 0) is 53.5 Å². The van der Waals surface area contributed by atoms with E-state index in [9.17, 15) is 14.4 Å². The topological polar surface area (TPSA) is 75.7 Å². The van der Waals surface area contributed by atoms with Crippen LogP contribution in [0.2, 0.25) is 0 Å². The number of amides is 1. The second kappa shape index (κ2) is 9.57. The molecule has 3 aliphatic rings. The van der Waals surface area contributed by atoms with E-state index in [0.717, 1.165) is 40.9 Å². The highest BCUT2D eigenvalue weighted by Gasteiger charge is 2.48. The van der Waals surface area contributed by atoms with Gasteiger partial charge in [-0.15, -0.1) is 0 Å². The molecule has 0 atom stereocenters. The molecular formula is C32H36N2O4. The predicted octanol–water partition coefficient (Wildman–Crippen LogP) is 6.02. The van der Waals surface area contributed by atoms with Gasteiger partial charge in [0, 0.05) is 54.0 Å². The number of anilines is 1. The quantitative estimate of drug-likeness (QED) is 0.530. The van der Waals surface area contributed by atoms with Crippen LogP contribution >= 0.6 is 0 Å². The molecule has 5 rings (SSSR count). The molecule has 2 aromatic rings. The van der Waals surface area contributed by atoms with Crippen molar-refractivity contribution in [2.45, 2.75) is 59.3 Å². The van der Waals surface area contributed by atoms with Gasteiger partial charge < -0.3 is 15.0 Å². The van der Waals surface area contributed by atoms with Gasteiger partial charge in [0.1, 0.15) is 5.75 Å². The molecular weight excluding hydrogens is 476 g/mol. The van der Waals surface area contributed by atoms with Crippen LogP contribution in [0.25, 0.3) is 0 Å². The minimum Gasteiger partial charge on any atom is -0.484 e. The van der Waals surface area contributed by atoms with Gasteiger partial charge in [-0.25, -0.2) is 0 Å². The minimum atomic E-state index is -0.376. The number of hydrogen-bond donors (Lipinski definition) is 1. The highest BCUT2D eigenvalue weighted by atomic mass is 16.5. The zero-order chi connectivity index (χ0) is 27.2. The Labute approximate surface area is 224 Å². The van der Waals surface area contributed by atoms with Gasteiger partial charge in [0.05, 0.1) is 0 Å². The number of Topliss-reactive ketones (excluding diaryl/α,β-unsaturated/α-hetero) is 2. The molecule has 6 nitrogen and oxygen atoms in total. The maximum Gasteiger partial charge on any atom is 0.262 e. The number of ether oxygens (including phenoxy) is 1. The van der Waals surface area contributed by atoms with Crippen LogP contribution in [0.15, 0.2) is 77.1 Å². The van der Waals surface area contributed by atoms with Gasteiger partial charge >= 0.3 is 0 Å². The van der Waals surface area contributed by atoms with Crippen LogP contribution < -0.4 is 10.1 Å². The van der Waals surface area contributed by atoms with E-state index in [1.807, 2.05) is 61.6 Å². The number of para-hydroxylation sites is 1. The molecule has 0 unspecified atom stereocenters. The van der Waals surface area contributed by atoms with Crippen LogP contribution in [-0.4, -0.2) is 36.0 Å². The Morgan fingerprint density at radius 2 is 1.37 bits per heavy atom. The molecule has 38 heavy (non-hydrogen) atoms. The summed E-state index contributed by atoms with van der Waals surface area (Å²) in [5.41, 5.74) is 4.96. The lowest BCUT2D eigenvalue weighted by molar-refractivity contribution is -0.120. The Morgan fingerprint density at radius 1 is 0.842 bits per heavy atom. The van der Waals surface area contributed by atoms with E-state index in [-0.39, 0.29) is 40.8 Å². The summed E-state index contributed by atoms with van der Waals surface area (Å²) in [6.45, 7) is 8.43. The standard InChI is InChI=1S/C32H36N2O4/c1-31(2)15-23-29(25(35)17-31)28(30-24(34(23)5)16-32(3,4)18-26(30)36)20-11-13-22(14-12-20)38-19-27(37)33-21-9-7-6-8-10-21/h6-14,28H,15-19H2,1-5H3,(H,33,37). The molecule has 1 amide bonds. The number of benzene rings is 2. The first-order valence-electron chi connectivity index (χ1n) is 13.3. The van der Waals surface area contributed by atoms with Crippen LogP contribution in [-0.2, 0) is 14.4 Å². The summed E-state index contributed by atoms with van der Waals surface area (Å²) in [4.78, 5) is 41.6. The third kappa shape index (κ3) is 5.04. The molecule has 0 spiro atoms. The summed E-state index contributed by atoms with van der Waals surface area (Å²) in [5.74, 6) is 0.177. The van der Waals surface area contributed by atoms with Crippen molar-refractivity contribution in [2.24, 2.45) is 10.8 Å². The number of nitrogens with one attached hydrogen (secondary N) is 1. The zero-order valence-corrected chi connectivity index (χ0v) is 22.9. The first-order valence-corrected chi connectivity index (χ1v) is 13.3. The van der Waals surface area contributed by atoms with Crippen LogP contribution in [0.4, 0.5) is 5.69 Å².